The molecule has 2 saturated heterocycles. The number of fused-ring (bicyclic) bond motifs is 4. The maximum atomic E-state index is 11.8. The van der Waals surface area contributed by atoms with Crippen LogP contribution in [0.4, 0.5) is 0 Å². The lowest BCUT2D eigenvalue weighted by atomic mass is 9.53. The Bertz CT molecular complexity index is 420. The van der Waals surface area contributed by atoms with Gasteiger partial charge in [-0.2, -0.15) is 0 Å². The van der Waals surface area contributed by atoms with Crippen molar-refractivity contribution < 1.29 is 14.3 Å². The number of hydrogen-bond donors (Lipinski definition) is 0. The van der Waals surface area contributed by atoms with Gasteiger partial charge >= 0.3 is 5.97 Å². The molecular weight excluding hydrogens is 228 g/mol. The molecule has 0 aromatic carbocycles. The van der Waals surface area contributed by atoms with Crippen LogP contribution in [0.3, 0.4) is 0 Å². The van der Waals surface area contributed by atoms with Gasteiger partial charge in [0, 0.05) is 5.92 Å². The largest absolute Gasteiger partial charge is 0.462 e. The van der Waals surface area contributed by atoms with Gasteiger partial charge in [-0.3, -0.25) is 4.79 Å². The second kappa shape index (κ2) is 3.12. The Labute approximate surface area is 108 Å². The van der Waals surface area contributed by atoms with Gasteiger partial charge in [0.15, 0.2) is 0 Å². The predicted octanol–water partition coefficient (Wildman–Crippen LogP) is 2.53. The molecular formula is C15H22O3. The molecule has 3 nitrogen and oxygen atoms in total. The van der Waals surface area contributed by atoms with E-state index in [0.717, 1.165) is 12.8 Å². The van der Waals surface area contributed by atoms with Gasteiger partial charge in [0.25, 0.3) is 0 Å². The molecule has 0 amide bonds. The summed E-state index contributed by atoms with van der Waals surface area (Å²) in [5, 5.41) is 0. The molecule has 0 aromatic heterocycles. The molecule has 4 aliphatic rings. The summed E-state index contributed by atoms with van der Waals surface area (Å²) in [5.74, 6) is 1.14. The zero-order valence-corrected chi connectivity index (χ0v) is 11.4. The summed E-state index contributed by atoms with van der Waals surface area (Å²) in [6, 6.07) is 0. The summed E-state index contributed by atoms with van der Waals surface area (Å²) in [6.07, 6.45) is 5.23. The first kappa shape index (κ1) is 11.3. The van der Waals surface area contributed by atoms with E-state index in [-0.39, 0.29) is 23.6 Å². The molecule has 0 bridgehead atoms. The fraction of sp³-hybridized carbons (Fsp3) is 0.933. The Kier molecular flexibility index (Phi) is 1.95. The van der Waals surface area contributed by atoms with Gasteiger partial charge < -0.3 is 9.47 Å². The van der Waals surface area contributed by atoms with E-state index >= 15 is 0 Å². The van der Waals surface area contributed by atoms with Crippen LogP contribution in [0.25, 0.3) is 0 Å². The van der Waals surface area contributed by atoms with Crippen LogP contribution < -0.4 is 0 Å². The van der Waals surface area contributed by atoms with Crippen LogP contribution in [0.15, 0.2) is 0 Å². The van der Waals surface area contributed by atoms with Crippen molar-refractivity contribution in [3.8, 4) is 0 Å². The van der Waals surface area contributed by atoms with Crippen molar-refractivity contribution in [2.45, 2.75) is 64.3 Å². The Hall–Kier alpha value is -0.570. The van der Waals surface area contributed by atoms with Gasteiger partial charge in [-0.15, -0.1) is 0 Å². The molecule has 2 aliphatic heterocycles. The van der Waals surface area contributed by atoms with E-state index in [9.17, 15) is 4.79 Å². The molecule has 100 valence electrons. The molecule has 2 heterocycles. The molecule has 0 aromatic rings. The van der Waals surface area contributed by atoms with Gasteiger partial charge in [0.1, 0.15) is 6.10 Å². The molecule has 2 unspecified atom stereocenters. The lowest BCUT2D eigenvalue weighted by molar-refractivity contribution is -0.146. The second-order valence-electron chi connectivity index (χ2n) is 7.40. The van der Waals surface area contributed by atoms with Crippen molar-refractivity contribution in [1.29, 1.82) is 0 Å². The molecule has 4 fully saturated rings. The van der Waals surface area contributed by atoms with Crippen molar-refractivity contribution in [2.75, 3.05) is 0 Å². The van der Waals surface area contributed by atoms with E-state index in [1.807, 2.05) is 6.92 Å². The van der Waals surface area contributed by atoms with Gasteiger partial charge in [0.2, 0.25) is 0 Å². The van der Waals surface area contributed by atoms with E-state index in [1.54, 1.807) is 0 Å². The minimum Gasteiger partial charge on any atom is -0.462 e. The number of carbonyl (C=O) groups is 1. The highest BCUT2D eigenvalue weighted by Crippen LogP contribution is 2.65. The van der Waals surface area contributed by atoms with Gasteiger partial charge in [0.05, 0.1) is 17.6 Å². The molecule has 18 heavy (non-hydrogen) atoms. The van der Waals surface area contributed by atoms with Crippen LogP contribution in [-0.4, -0.2) is 23.8 Å². The van der Waals surface area contributed by atoms with Gasteiger partial charge in [-0.1, -0.05) is 13.8 Å². The minimum atomic E-state index is 0.0191. The average molecular weight is 250 g/mol. The maximum Gasteiger partial charge on any atom is 0.309 e. The van der Waals surface area contributed by atoms with E-state index in [2.05, 4.69) is 13.8 Å². The zero-order valence-electron chi connectivity index (χ0n) is 11.4. The highest BCUT2D eigenvalue weighted by atomic mass is 16.6. The molecule has 0 N–H and O–H groups in total. The zero-order chi connectivity index (χ0) is 12.7. The third kappa shape index (κ3) is 1.21. The van der Waals surface area contributed by atoms with E-state index in [1.165, 1.54) is 12.8 Å². The Morgan fingerprint density at radius 2 is 2.11 bits per heavy atom. The van der Waals surface area contributed by atoms with Crippen molar-refractivity contribution in [3.63, 3.8) is 0 Å². The standard InChI is InChI=1S/C15H22O3/c1-8-9-6-11-14(2,7-10(9)17-13(8)16)5-4-12-15(11,3)18-12/h8-12H,4-7H2,1-3H3/t8-,9-,10-,11-,12?,14-,15?/m0/s1. The van der Waals surface area contributed by atoms with Crippen LogP contribution >= 0.6 is 0 Å². The smallest absolute Gasteiger partial charge is 0.309 e. The molecule has 7 atom stereocenters. The van der Waals surface area contributed by atoms with Gasteiger partial charge in [-0.05, 0) is 43.9 Å². The third-order valence-corrected chi connectivity index (χ3v) is 6.42. The van der Waals surface area contributed by atoms with E-state index < -0.39 is 0 Å². The maximum absolute atomic E-state index is 11.8. The fourth-order valence-electron chi connectivity index (χ4n) is 5.14. The first-order valence-corrected chi connectivity index (χ1v) is 7.32. The van der Waals surface area contributed by atoms with E-state index in [4.69, 9.17) is 9.47 Å². The summed E-state index contributed by atoms with van der Waals surface area (Å²) < 4.78 is 11.6. The highest BCUT2D eigenvalue weighted by Gasteiger charge is 2.68. The SMILES string of the molecule is C[C@@H]1C(=O)O[C@H]2C[C@]3(C)CCC4OC4(C)[C@H]3C[C@H]21. The van der Waals surface area contributed by atoms with Crippen molar-refractivity contribution in [3.05, 3.63) is 0 Å². The average Bonchev–Trinajstić information content (AvgIpc) is 2.91. The normalized spacial score (nSPS) is 61.5. The first-order valence-electron chi connectivity index (χ1n) is 7.32. The van der Waals surface area contributed by atoms with Gasteiger partial charge in [-0.25, -0.2) is 0 Å². The minimum absolute atomic E-state index is 0.0191. The summed E-state index contributed by atoms with van der Waals surface area (Å²) in [7, 11) is 0. The monoisotopic (exact) mass is 250 g/mol. The Balaban J connectivity index is 1.67. The summed E-state index contributed by atoms with van der Waals surface area (Å²) in [5.41, 5.74) is 0.413. The molecule has 0 spiro atoms. The lowest BCUT2D eigenvalue weighted by Gasteiger charge is -2.50. The number of epoxide rings is 1. The quantitative estimate of drug-likeness (QED) is 0.490. The third-order valence-electron chi connectivity index (χ3n) is 6.42. The number of carbonyl (C=O) groups excluding carboxylic acids is 1. The molecule has 0 radical (unpaired) electrons. The number of hydrogen-bond acceptors (Lipinski definition) is 3. The summed E-state index contributed by atoms with van der Waals surface area (Å²) >= 11 is 0. The van der Waals surface area contributed by atoms with Crippen LogP contribution in [-0.2, 0) is 14.3 Å². The molecule has 3 heteroatoms. The topological polar surface area (TPSA) is 38.8 Å². The summed E-state index contributed by atoms with van der Waals surface area (Å²) in [6.45, 7) is 6.70. The Morgan fingerprint density at radius 1 is 1.33 bits per heavy atom. The second-order valence-corrected chi connectivity index (χ2v) is 7.40. The van der Waals surface area contributed by atoms with Crippen molar-refractivity contribution in [1.82, 2.24) is 0 Å². The molecule has 2 saturated carbocycles. The fourth-order valence-corrected chi connectivity index (χ4v) is 5.14. The molecule has 4 rings (SSSR count). The highest BCUT2D eigenvalue weighted by molar-refractivity contribution is 5.75. The van der Waals surface area contributed by atoms with Crippen LogP contribution in [0.2, 0.25) is 0 Å². The molecule has 2 aliphatic carbocycles. The van der Waals surface area contributed by atoms with Crippen LogP contribution in [0, 0.1) is 23.2 Å². The van der Waals surface area contributed by atoms with Crippen molar-refractivity contribution >= 4 is 5.97 Å². The van der Waals surface area contributed by atoms with Crippen LogP contribution in [0.5, 0.6) is 0 Å². The first-order chi connectivity index (χ1) is 8.44. The lowest BCUT2D eigenvalue weighted by Crippen LogP contribution is -2.50. The Morgan fingerprint density at radius 3 is 2.89 bits per heavy atom. The number of esters is 1. The number of rotatable bonds is 0. The number of ether oxygens (including phenoxy) is 2. The van der Waals surface area contributed by atoms with Crippen molar-refractivity contribution in [2.24, 2.45) is 23.2 Å². The summed E-state index contributed by atoms with van der Waals surface area (Å²) in [4.78, 5) is 11.8. The van der Waals surface area contributed by atoms with E-state index in [0.29, 0.717) is 23.4 Å². The predicted molar refractivity (Wildman–Crippen MR) is 65.9 cm³/mol. The van der Waals surface area contributed by atoms with Crippen LogP contribution in [0.1, 0.15) is 46.5 Å².